The SMILES string of the molecule is COc1ccccc1Oc1c(NS(=O)(=O)c2ccc(C(C)(C)C)cc2)nc(-c2ccc3c(c2)OCO3)nc1OCCC(=O)O. The summed E-state index contributed by atoms with van der Waals surface area (Å²) in [6.45, 7) is 5.85. The van der Waals surface area contributed by atoms with E-state index in [1.165, 1.54) is 19.2 Å². The zero-order chi connectivity index (χ0) is 31.5. The Kier molecular flexibility index (Phi) is 8.50. The van der Waals surface area contributed by atoms with Gasteiger partial charge in [-0.1, -0.05) is 45.0 Å². The highest BCUT2D eigenvalue weighted by Gasteiger charge is 2.27. The molecule has 2 N–H and O–H groups in total. The van der Waals surface area contributed by atoms with E-state index in [0.717, 1.165) is 5.56 Å². The molecule has 0 fully saturated rings. The van der Waals surface area contributed by atoms with Gasteiger partial charge in [0.25, 0.3) is 15.9 Å². The van der Waals surface area contributed by atoms with Crippen LogP contribution in [0.4, 0.5) is 5.82 Å². The molecule has 0 unspecified atom stereocenters. The normalized spacial score (nSPS) is 12.5. The number of benzene rings is 3. The van der Waals surface area contributed by atoms with Gasteiger partial charge in [0.2, 0.25) is 12.5 Å². The minimum Gasteiger partial charge on any atom is -0.493 e. The van der Waals surface area contributed by atoms with E-state index in [4.69, 9.17) is 23.7 Å². The number of nitrogens with one attached hydrogen (secondary N) is 1. The fraction of sp³-hybridized carbons (Fsp3) is 0.258. The summed E-state index contributed by atoms with van der Waals surface area (Å²) in [7, 11) is -2.76. The molecule has 0 bridgehead atoms. The molecule has 0 spiro atoms. The van der Waals surface area contributed by atoms with E-state index in [1.54, 1.807) is 54.6 Å². The Bertz CT molecular complexity index is 1790. The van der Waals surface area contributed by atoms with Crippen molar-refractivity contribution < 1.29 is 42.0 Å². The molecule has 1 aliphatic heterocycles. The first kappa shape index (κ1) is 30.4. The third-order valence-corrected chi connectivity index (χ3v) is 7.92. The van der Waals surface area contributed by atoms with Crippen LogP contribution in [0.2, 0.25) is 0 Å². The molecule has 13 heteroatoms. The van der Waals surface area contributed by atoms with E-state index in [2.05, 4.69) is 14.7 Å². The molecule has 44 heavy (non-hydrogen) atoms. The van der Waals surface area contributed by atoms with Crippen molar-refractivity contribution in [3.05, 3.63) is 72.3 Å². The summed E-state index contributed by atoms with van der Waals surface area (Å²) in [5.74, 6) is -0.132. The van der Waals surface area contributed by atoms with Crippen molar-refractivity contribution >= 4 is 21.8 Å². The Hall–Kier alpha value is -5.04. The monoisotopic (exact) mass is 621 g/mol. The standard InChI is InChI=1S/C31H31N3O9S/c1-31(2,3)20-10-12-21(13-11-20)44(37,38)34-29-27(43-24-8-6-5-7-22(24)39-4)30(40-16-15-26(35)36)33-28(32-29)19-9-14-23-25(17-19)42-18-41-23/h5-14,17H,15-16,18H2,1-4H3,(H,35,36)(H,32,33,34). The fourth-order valence-electron chi connectivity index (χ4n) is 4.22. The lowest BCUT2D eigenvalue weighted by Crippen LogP contribution is -2.17. The van der Waals surface area contributed by atoms with Crippen LogP contribution in [0, 0.1) is 0 Å². The maximum absolute atomic E-state index is 13.7. The number of carboxylic acids is 1. The topological polar surface area (TPSA) is 155 Å². The van der Waals surface area contributed by atoms with Crippen molar-refractivity contribution in [3.8, 4) is 46.0 Å². The second-order valence-electron chi connectivity index (χ2n) is 10.7. The second-order valence-corrected chi connectivity index (χ2v) is 12.4. The van der Waals surface area contributed by atoms with Crippen LogP contribution < -0.4 is 28.4 Å². The van der Waals surface area contributed by atoms with Crippen LogP contribution in [-0.4, -0.2) is 50.0 Å². The van der Waals surface area contributed by atoms with Crippen LogP contribution in [0.5, 0.6) is 34.6 Å². The van der Waals surface area contributed by atoms with Crippen molar-refractivity contribution in [2.45, 2.75) is 37.5 Å². The number of para-hydroxylation sites is 2. The maximum atomic E-state index is 13.7. The van der Waals surface area contributed by atoms with Crippen LogP contribution in [-0.2, 0) is 20.2 Å². The summed E-state index contributed by atoms with van der Waals surface area (Å²) >= 11 is 0. The molecule has 230 valence electrons. The van der Waals surface area contributed by atoms with E-state index in [-0.39, 0.29) is 59.2 Å². The highest BCUT2D eigenvalue weighted by atomic mass is 32.2. The third kappa shape index (κ3) is 6.78. The number of anilines is 1. The van der Waals surface area contributed by atoms with Crippen LogP contribution >= 0.6 is 0 Å². The number of hydrogen-bond donors (Lipinski definition) is 2. The molecule has 1 aromatic heterocycles. The van der Waals surface area contributed by atoms with E-state index in [0.29, 0.717) is 22.8 Å². The number of carbonyl (C=O) groups is 1. The summed E-state index contributed by atoms with van der Waals surface area (Å²) in [6, 6.07) is 18.2. The average molecular weight is 622 g/mol. The molecule has 1 aliphatic rings. The number of rotatable bonds is 11. The van der Waals surface area contributed by atoms with Gasteiger partial charge in [0.1, 0.15) is 6.61 Å². The molecular weight excluding hydrogens is 590 g/mol. The molecular formula is C31H31N3O9S. The lowest BCUT2D eigenvalue weighted by atomic mass is 9.87. The first-order valence-electron chi connectivity index (χ1n) is 13.6. The Morgan fingerprint density at radius 1 is 0.977 bits per heavy atom. The zero-order valence-corrected chi connectivity index (χ0v) is 25.3. The minimum atomic E-state index is -4.21. The zero-order valence-electron chi connectivity index (χ0n) is 24.5. The molecule has 0 atom stereocenters. The van der Waals surface area contributed by atoms with Gasteiger partial charge in [-0.15, -0.1) is 0 Å². The predicted molar refractivity (Wildman–Crippen MR) is 160 cm³/mol. The van der Waals surface area contributed by atoms with Gasteiger partial charge in [-0.3, -0.25) is 9.52 Å². The van der Waals surface area contributed by atoms with Crippen molar-refractivity contribution in [1.29, 1.82) is 0 Å². The second kappa shape index (κ2) is 12.3. The Morgan fingerprint density at radius 2 is 1.68 bits per heavy atom. The number of hydrogen-bond acceptors (Lipinski definition) is 10. The van der Waals surface area contributed by atoms with Crippen LogP contribution in [0.25, 0.3) is 11.4 Å². The maximum Gasteiger partial charge on any atom is 0.306 e. The molecule has 3 aromatic carbocycles. The van der Waals surface area contributed by atoms with Crippen molar-refractivity contribution in [3.63, 3.8) is 0 Å². The summed E-state index contributed by atoms with van der Waals surface area (Å²) in [4.78, 5) is 20.3. The molecule has 0 saturated heterocycles. The quantitative estimate of drug-likeness (QED) is 0.214. The third-order valence-electron chi connectivity index (χ3n) is 6.56. The van der Waals surface area contributed by atoms with Gasteiger partial charge in [0.05, 0.1) is 18.4 Å². The lowest BCUT2D eigenvalue weighted by Gasteiger charge is -2.20. The van der Waals surface area contributed by atoms with Gasteiger partial charge >= 0.3 is 5.97 Å². The van der Waals surface area contributed by atoms with Gasteiger partial charge in [-0.05, 0) is 53.4 Å². The number of aromatic nitrogens is 2. The summed E-state index contributed by atoms with van der Waals surface area (Å²) in [5, 5.41) is 9.21. The number of sulfonamides is 1. The van der Waals surface area contributed by atoms with E-state index in [9.17, 15) is 18.3 Å². The molecule has 12 nitrogen and oxygen atoms in total. The average Bonchev–Trinajstić information content (AvgIpc) is 3.46. The predicted octanol–water partition coefficient (Wildman–Crippen LogP) is 5.63. The number of nitrogens with zero attached hydrogens (tertiary/aromatic N) is 2. The van der Waals surface area contributed by atoms with Crippen molar-refractivity contribution in [2.24, 2.45) is 0 Å². The summed E-state index contributed by atoms with van der Waals surface area (Å²) in [6.07, 6.45) is -0.349. The largest absolute Gasteiger partial charge is 0.493 e. The molecule has 0 radical (unpaired) electrons. The van der Waals surface area contributed by atoms with Gasteiger partial charge in [0.15, 0.2) is 34.6 Å². The summed E-state index contributed by atoms with van der Waals surface area (Å²) < 4.78 is 58.1. The van der Waals surface area contributed by atoms with E-state index < -0.39 is 16.0 Å². The lowest BCUT2D eigenvalue weighted by molar-refractivity contribution is -0.137. The number of aliphatic carboxylic acids is 1. The van der Waals surface area contributed by atoms with Crippen molar-refractivity contribution in [2.75, 3.05) is 25.2 Å². The minimum absolute atomic E-state index is 0.00895. The van der Waals surface area contributed by atoms with E-state index >= 15 is 0 Å². The highest BCUT2D eigenvalue weighted by Crippen LogP contribution is 2.43. The molecule has 0 amide bonds. The first-order valence-corrected chi connectivity index (χ1v) is 15.0. The van der Waals surface area contributed by atoms with Gasteiger partial charge in [-0.25, -0.2) is 13.4 Å². The molecule has 5 rings (SSSR count). The van der Waals surface area contributed by atoms with Crippen molar-refractivity contribution in [1.82, 2.24) is 9.97 Å². The van der Waals surface area contributed by atoms with E-state index in [1.807, 2.05) is 20.8 Å². The Balaban J connectivity index is 1.64. The number of ether oxygens (including phenoxy) is 5. The smallest absolute Gasteiger partial charge is 0.306 e. The van der Waals surface area contributed by atoms with Crippen LogP contribution in [0.15, 0.2) is 71.6 Å². The van der Waals surface area contributed by atoms with Crippen LogP contribution in [0.3, 0.4) is 0 Å². The number of fused-ring (bicyclic) bond motifs is 1. The first-order chi connectivity index (χ1) is 20.9. The molecule has 0 saturated carbocycles. The molecule has 0 aliphatic carbocycles. The summed E-state index contributed by atoms with van der Waals surface area (Å²) in [5.41, 5.74) is 1.23. The fourth-order valence-corrected chi connectivity index (χ4v) is 5.23. The van der Waals surface area contributed by atoms with Gasteiger partial charge in [-0.2, -0.15) is 4.98 Å². The molecule has 4 aromatic rings. The highest BCUT2D eigenvalue weighted by molar-refractivity contribution is 7.92. The number of carboxylic acid groups (broad SMARTS) is 1. The van der Waals surface area contributed by atoms with Gasteiger partial charge < -0.3 is 28.8 Å². The number of methoxy groups -OCH3 is 1. The Morgan fingerprint density at radius 3 is 2.36 bits per heavy atom. The van der Waals surface area contributed by atoms with Crippen LogP contribution in [0.1, 0.15) is 32.8 Å². The van der Waals surface area contributed by atoms with Gasteiger partial charge in [0, 0.05) is 5.56 Å². The Labute approximate surface area is 254 Å². The molecule has 2 heterocycles.